The van der Waals surface area contributed by atoms with Crippen LogP contribution in [0.25, 0.3) is 11.0 Å². The van der Waals surface area contributed by atoms with Crippen LogP contribution in [0.2, 0.25) is 0 Å². The predicted octanol–water partition coefficient (Wildman–Crippen LogP) is 3.82. The minimum absolute atomic E-state index is 0.0493. The molecule has 1 aliphatic carbocycles. The summed E-state index contributed by atoms with van der Waals surface area (Å²) in [6.45, 7) is 4.45. The van der Waals surface area contributed by atoms with Crippen molar-refractivity contribution in [2.45, 2.75) is 64.0 Å². The van der Waals surface area contributed by atoms with E-state index in [0.717, 1.165) is 30.6 Å². The highest BCUT2D eigenvalue weighted by molar-refractivity contribution is 5.76. The molecule has 0 unspecified atom stereocenters. The van der Waals surface area contributed by atoms with Gasteiger partial charge in [0.05, 0.1) is 11.0 Å². The Labute approximate surface area is 121 Å². The van der Waals surface area contributed by atoms with Gasteiger partial charge in [0.2, 0.25) is 0 Å². The van der Waals surface area contributed by atoms with E-state index in [0.29, 0.717) is 6.04 Å². The first-order valence-electron chi connectivity index (χ1n) is 7.84. The molecule has 2 aromatic rings. The van der Waals surface area contributed by atoms with Crippen LogP contribution in [-0.4, -0.2) is 15.1 Å². The standard InChI is InChI=1S/C17H25N3/c1-13(2)20-15-9-5-4-8-14(15)19-16(20)12-17(18)10-6-3-7-11-17/h4-5,8-9,13H,3,6-7,10-12,18H2,1-2H3. The average molecular weight is 271 g/mol. The van der Waals surface area contributed by atoms with E-state index >= 15 is 0 Å². The largest absolute Gasteiger partial charge is 0.325 e. The van der Waals surface area contributed by atoms with Crippen molar-refractivity contribution < 1.29 is 0 Å². The molecule has 0 bridgehead atoms. The monoisotopic (exact) mass is 271 g/mol. The van der Waals surface area contributed by atoms with Crippen LogP contribution >= 0.6 is 0 Å². The molecule has 3 rings (SSSR count). The fourth-order valence-electron chi connectivity index (χ4n) is 3.54. The third-order valence-electron chi connectivity index (χ3n) is 4.54. The summed E-state index contributed by atoms with van der Waals surface area (Å²) in [4.78, 5) is 4.86. The van der Waals surface area contributed by atoms with Crippen LogP contribution in [-0.2, 0) is 6.42 Å². The van der Waals surface area contributed by atoms with Crippen molar-refractivity contribution >= 4 is 11.0 Å². The lowest BCUT2D eigenvalue weighted by Gasteiger charge is -2.33. The van der Waals surface area contributed by atoms with Gasteiger partial charge in [0, 0.05) is 18.0 Å². The summed E-state index contributed by atoms with van der Waals surface area (Å²) in [7, 11) is 0. The van der Waals surface area contributed by atoms with Gasteiger partial charge in [-0.2, -0.15) is 0 Å². The molecule has 0 atom stereocenters. The molecule has 0 saturated heterocycles. The van der Waals surface area contributed by atoms with Crippen molar-refractivity contribution in [1.29, 1.82) is 0 Å². The summed E-state index contributed by atoms with van der Waals surface area (Å²) in [5.41, 5.74) is 8.91. The van der Waals surface area contributed by atoms with E-state index in [1.54, 1.807) is 0 Å². The highest BCUT2D eigenvalue weighted by atomic mass is 15.1. The van der Waals surface area contributed by atoms with Crippen molar-refractivity contribution in [3.63, 3.8) is 0 Å². The van der Waals surface area contributed by atoms with E-state index in [1.165, 1.54) is 24.8 Å². The van der Waals surface area contributed by atoms with Gasteiger partial charge in [0.1, 0.15) is 5.82 Å². The highest BCUT2D eigenvalue weighted by Gasteiger charge is 2.30. The molecule has 2 N–H and O–H groups in total. The third kappa shape index (κ3) is 2.47. The van der Waals surface area contributed by atoms with Crippen LogP contribution in [0.4, 0.5) is 0 Å². The van der Waals surface area contributed by atoms with Crippen LogP contribution in [0.15, 0.2) is 24.3 Å². The first-order chi connectivity index (χ1) is 9.59. The Hall–Kier alpha value is -1.35. The number of para-hydroxylation sites is 2. The highest BCUT2D eigenvalue weighted by Crippen LogP contribution is 2.31. The fraction of sp³-hybridized carbons (Fsp3) is 0.588. The van der Waals surface area contributed by atoms with E-state index in [9.17, 15) is 0 Å². The number of nitrogens with two attached hydrogens (primary N) is 1. The maximum absolute atomic E-state index is 6.63. The van der Waals surface area contributed by atoms with Crippen molar-refractivity contribution in [2.24, 2.45) is 5.73 Å². The predicted molar refractivity (Wildman–Crippen MR) is 83.8 cm³/mol. The maximum Gasteiger partial charge on any atom is 0.111 e. The number of imidazole rings is 1. The molecule has 1 aromatic carbocycles. The van der Waals surface area contributed by atoms with Crippen LogP contribution in [0, 0.1) is 0 Å². The van der Waals surface area contributed by atoms with Crippen molar-refractivity contribution in [3.8, 4) is 0 Å². The summed E-state index contributed by atoms with van der Waals surface area (Å²) < 4.78 is 2.36. The number of aromatic nitrogens is 2. The Balaban J connectivity index is 2.00. The normalized spacial score (nSPS) is 18.8. The van der Waals surface area contributed by atoms with Crippen LogP contribution < -0.4 is 5.73 Å². The minimum atomic E-state index is -0.0493. The molecular formula is C17H25N3. The van der Waals surface area contributed by atoms with Crippen molar-refractivity contribution in [3.05, 3.63) is 30.1 Å². The Bertz CT molecular complexity index is 591. The second kappa shape index (κ2) is 5.21. The smallest absolute Gasteiger partial charge is 0.111 e. The zero-order chi connectivity index (χ0) is 14.2. The van der Waals surface area contributed by atoms with E-state index in [4.69, 9.17) is 10.7 Å². The molecule has 1 heterocycles. The number of rotatable bonds is 3. The summed E-state index contributed by atoms with van der Waals surface area (Å²) in [5.74, 6) is 1.16. The van der Waals surface area contributed by atoms with Gasteiger partial charge >= 0.3 is 0 Å². The quantitative estimate of drug-likeness (QED) is 0.922. The number of benzene rings is 1. The van der Waals surface area contributed by atoms with Gasteiger partial charge in [-0.1, -0.05) is 31.4 Å². The van der Waals surface area contributed by atoms with E-state index in [2.05, 4.69) is 42.7 Å². The lowest BCUT2D eigenvalue weighted by atomic mass is 9.80. The van der Waals surface area contributed by atoms with Gasteiger partial charge in [0.15, 0.2) is 0 Å². The lowest BCUT2D eigenvalue weighted by molar-refractivity contribution is 0.286. The Morgan fingerprint density at radius 1 is 1.20 bits per heavy atom. The molecule has 3 heteroatoms. The molecule has 20 heavy (non-hydrogen) atoms. The van der Waals surface area contributed by atoms with Gasteiger partial charge in [-0.3, -0.25) is 0 Å². The first kappa shape index (κ1) is 13.6. The molecule has 108 valence electrons. The van der Waals surface area contributed by atoms with Gasteiger partial charge < -0.3 is 10.3 Å². The Morgan fingerprint density at radius 2 is 1.90 bits per heavy atom. The second-order valence-corrected chi connectivity index (χ2v) is 6.58. The molecule has 1 saturated carbocycles. The number of hydrogen-bond donors (Lipinski definition) is 1. The number of fused-ring (bicyclic) bond motifs is 1. The Morgan fingerprint density at radius 3 is 2.60 bits per heavy atom. The van der Waals surface area contributed by atoms with Crippen molar-refractivity contribution in [2.75, 3.05) is 0 Å². The van der Waals surface area contributed by atoms with Gasteiger partial charge in [-0.05, 0) is 38.8 Å². The molecule has 1 aliphatic rings. The minimum Gasteiger partial charge on any atom is -0.325 e. The third-order valence-corrected chi connectivity index (χ3v) is 4.54. The summed E-state index contributed by atoms with van der Waals surface area (Å²) in [6, 6.07) is 8.83. The molecule has 0 radical (unpaired) electrons. The molecule has 0 aliphatic heterocycles. The van der Waals surface area contributed by atoms with Crippen molar-refractivity contribution in [1.82, 2.24) is 9.55 Å². The van der Waals surface area contributed by atoms with Crippen LogP contribution in [0.5, 0.6) is 0 Å². The SMILES string of the molecule is CC(C)n1c(CC2(N)CCCCC2)nc2ccccc21. The summed E-state index contributed by atoms with van der Waals surface area (Å²) in [5, 5.41) is 0. The fourth-order valence-corrected chi connectivity index (χ4v) is 3.54. The first-order valence-corrected chi connectivity index (χ1v) is 7.84. The topological polar surface area (TPSA) is 43.8 Å². The van der Waals surface area contributed by atoms with Crippen LogP contribution in [0.1, 0.15) is 57.8 Å². The van der Waals surface area contributed by atoms with E-state index in [1.807, 2.05) is 0 Å². The molecule has 0 spiro atoms. The molecule has 1 aromatic heterocycles. The lowest BCUT2D eigenvalue weighted by Crippen LogP contribution is -2.44. The number of hydrogen-bond acceptors (Lipinski definition) is 2. The maximum atomic E-state index is 6.63. The summed E-state index contributed by atoms with van der Waals surface area (Å²) in [6.07, 6.45) is 7.03. The van der Waals surface area contributed by atoms with E-state index < -0.39 is 0 Å². The van der Waals surface area contributed by atoms with Gasteiger partial charge in [-0.15, -0.1) is 0 Å². The molecular weight excluding hydrogens is 246 g/mol. The zero-order valence-corrected chi connectivity index (χ0v) is 12.6. The summed E-state index contributed by atoms with van der Waals surface area (Å²) >= 11 is 0. The molecule has 3 nitrogen and oxygen atoms in total. The second-order valence-electron chi connectivity index (χ2n) is 6.58. The van der Waals surface area contributed by atoms with Gasteiger partial charge in [-0.25, -0.2) is 4.98 Å². The van der Waals surface area contributed by atoms with E-state index in [-0.39, 0.29) is 5.54 Å². The van der Waals surface area contributed by atoms with Crippen LogP contribution in [0.3, 0.4) is 0 Å². The molecule has 1 fully saturated rings. The van der Waals surface area contributed by atoms with Gasteiger partial charge in [0.25, 0.3) is 0 Å². The number of nitrogens with zero attached hydrogens (tertiary/aromatic N) is 2. The average Bonchev–Trinajstić information content (AvgIpc) is 2.76. The Kier molecular flexibility index (Phi) is 3.55. The molecule has 0 amide bonds. The zero-order valence-electron chi connectivity index (χ0n) is 12.6.